The van der Waals surface area contributed by atoms with Crippen LogP contribution in [0, 0.1) is 0 Å². The molecule has 0 heterocycles. The third kappa shape index (κ3) is 2.16. The summed E-state index contributed by atoms with van der Waals surface area (Å²) in [6.07, 6.45) is 0. The van der Waals surface area contributed by atoms with E-state index in [1.807, 2.05) is 18.2 Å². The minimum absolute atomic E-state index is 0.222. The summed E-state index contributed by atoms with van der Waals surface area (Å²) in [7, 11) is 3.22. The molecule has 1 atom stereocenters. The Hall–Kier alpha value is -1.26. The standard InChI is InChI=1S/C10H16N2O2/c1-13-7-3-4-10(14-2)8(5-7)9(12)6-11/h3-5,9H,6,11-12H2,1-2H3/t9-/m0/s1. The van der Waals surface area contributed by atoms with Crippen LogP contribution in [0.25, 0.3) is 0 Å². The maximum absolute atomic E-state index is 5.83. The summed E-state index contributed by atoms with van der Waals surface area (Å²) in [5, 5.41) is 0. The molecule has 0 aliphatic heterocycles. The van der Waals surface area contributed by atoms with Crippen LogP contribution in [0.5, 0.6) is 11.5 Å². The van der Waals surface area contributed by atoms with Crippen molar-refractivity contribution < 1.29 is 9.47 Å². The Kier molecular flexibility index (Phi) is 3.73. The van der Waals surface area contributed by atoms with Gasteiger partial charge in [-0.3, -0.25) is 0 Å². The normalized spacial score (nSPS) is 12.3. The first-order chi connectivity index (χ1) is 6.72. The second-order valence-electron chi connectivity index (χ2n) is 2.95. The number of hydrogen-bond acceptors (Lipinski definition) is 4. The Morgan fingerprint density at radius 1 is 1.29 bits per heavy atom. The molecular weight excluding hydrogens is 180 g/mol. The zero-order valence-corrected chi connectivity index (χ0v) is 8.49. The molecule has 0 aromatic heterocycles. The van der Waals surface area contributed by atoms with Gasteiger partial charge < -0.3 is 20.9 Å². The molecule has 14 heavy (non-hydrogen) atoms. The smallest absolute Gasteiger partial charge is 0.123 e. The Labute approximate surface area is 83.8 Å². The van der Waals surface area contributed by atoms with Gasteiger partial charge in [-0.25, -0.2) is 0 Å². The van der Waals surface area contributed by atoms with Gasteiger partial charge in [0.05, 0.1) is 14.2 Å². The van der Waals surface area contributed by atoms with Crippen molar-refractivity contribution in [3.63, 3.8) is 0 Å². The number of hydrogen-bond donors (Lipinski definition) is 2. The topological polar surface area (TPSA) is 70.5 Å². The number of nitrogens with two attached hydrogens (primary N) is 2. The first kappa shape index (κ1) is 10.8. The lowest BCUT2D eigenvalue weighted by Gasteiger charge is -2.14. The van der Waals surface area contributed by atoms with Crippen LogP contribution in [-0.4, -0.2) is 20.8 Å². The fourth-order valence-corrected chi connectivity index (χ4v) is 1.26. The average molecular weight is 196 g/mol. The van der Waals surface area contributed by atoms with E-state index in [2.05, 4.69) is 0 Å². The van der Waals surface area contributed by atoms with Crippen LogP contribution in [0.3, 0.4) is 0 Å². The molecule has 1 aromatic rings. The lowest BCUT2D eigenvalue weighted by atomic mass is 10.1. The van der Waals surface area contributed by atoms with Crippen LogP contribution in [0.1, 0.15) is 11.6 Å². The van der Waals surface area contributed by atoms with Crippen LogP contribution in [0.15, 0.2) is 18.2 Å². The fraction of sp³-hybridized carbons (Fsp3) is 0.400. The van der Waals surface area contributed by atoms with E-state index in [1.165, 1.54) is 0 Å². The quantitative estimate of drug-likeness (QED) is 0.742. The average Bonchev–Trinajstić information content (AvgIpc) is 2.27. The molecule has 4 heteroatoms. The van der Waals surface area contributed by atoms with Crippen molar-refractivity contribution in [3.05, 3.63) is 23.8 Å². The summed E-state index contributed by atoms with van der Waals surface area (Å²) in [6, 6.07) is 5.27. The maximum atomic E-state index is 5.83. The predicted molar refractivity (Wildman–Crippen MR) is 55.5 cm³/mol. The summed E-state index contributed by atoms with van der Waals surface area (Å²) in [4.78, 5) is 0. The predicted octanol–water partition coefficient (Wildman–Crippen LogP) is 0.662. The van der Waals surface area contributed by atoms with Crippen LogP contribution >= 0.6 is 0 Å². The molecule has 0 saturated carbocycles. The highest BCUT2D eigenvalue weighted by molar-refractivity contribution is 5.42. The zero-order valence-electron chi connectivity index (χ0n) is 8.49. The molecule has 0 amide bonds. The van der Waals surface area contributed by atoms with E-state index in [0.29, 0.717) is 6.54 Å². The molecule has 0 unspecified atom stereocenters. The number of benzene rings is 1. The van der Waals surface area contributed by atoms with Gasteiger partial charge >= 0.3 is 0 Å². The molecule has 0 spiro atoms. The molecule has 78 valence electrons. The monoisotopic (exact) mass is 196 g/mol. The second-order valence-corrected chi connectivity index (χ2v) is 2.95. The Balaban J connectivity index is 3.08. The van der Waals surface area contributed by atoms with Gasteiger partial charge in [0, 0.05) is 18.2 Å². The van der Waals surface area contributed by atoms with Gasteiger partial charge in [-0.2, -0.15) is 0 Å². The van der Waals surface area contributed by atoms with Gasteiger partial charge in [-0.1, -0.05) is 0 Å². The van der Waals surface area contributed by atoms with Gasteiger partial charge in [0.1, 0.15) is 11.5 Å². The van der Waals surface area contributed by atoms with Crippen LogP contribution in [-0.2, 0) is 0 Å². The fourth-order valence-electron chi connectivity index (χ4n) is 1.26. The maximum Gasteiger partial charge on any atom is 0.123 e. The summed E-state index contributed by atoms with van der Waals surface area (Å²) < 4.78 is 10.3. The third-order valence-corrected chi connectivity index (χ3v) is 2.09. The number of rotatable bonds is 4. The van der Waals surface area contributed by atoms with Crippen molar-refractivity contribution >= 4 is 0 Å². The molecule has 1 rings (SSSR count). The van der Waals surface area contributed by atoms with Gasteiger partial charge in [0.2, 0.25) is 0 Å². The minimum Gasteiger partial charge on any atom is -0.497 e. The minimum atomic E-state index is -0.222. The van der Waals surface area contributed by atoms with E-state index in [0.717, 1.165) is 17.1 Å². The van der Waals surface area contributed by atoms with Crippen molar-refractivity contribution in [2.75, 3.05) is 20.8 Å². The Bertz CT molecular complexity index is 302. The van der Waals surface area contributed by atoms with Gasteiger partial charge in [-0.15, -0.1) is 0 Å². The van der Waals surface area contributed by atoms with Crippen molar-refractivity contribution in [2.45, 2.75) is 6.04 Å². The Morgan fingerprint density at radius 3 is 2.50 bits per heavy atom. The number of ether oxygens (including phenoxy) is 2. The van der Waals surface area contributed by atoms with Crippen LogP contribution in [0.4, 0.5) is 0 Å². The van der Waals surface area contributed by atoms with E-state index in [-0.39, 0.29) is 6.04 Å². The van der Waals surface area contributed by atoms with Gasteiger partial charge in [0.15, 0.2) is 0 Å². The van der Waals surface area contributed by atoms with E-state index >= 15 is 0 Å². The molecule has 0 saturated heterocycles. The summed E-state index contributed by atoms with van der Waals surface area (Å²) in [5.74, 6) is 1.49. The third-order valence-electron chi connectivity index (χ3n) is 2.09. The molecule has 4 N–H and O–H groups in total. The van der Waals surface area contributed by atoms with Crippen LogP contribution < -0.4 is 20.9 Å². The molecule has 0 aliphatic rings. The van der Waals surface area contributed by atoms with Crippen molar-refractivity contribution in [3.8, 4) is 11.5 Å². The van der Waals surface area contributed by atoms with E-state index in [1.54, 1.807) is 14.2 Å². The highest BCUT2D eigenvalue weighted by Gasteiger charge is 2.11. The first-order valence-electron chi connectivity index (χ1n) is 4.40. The summed E-state index contributed by atoms with van der Waals surface area (Å²) in [6.45, 7) is 0.378. The van der Waals surface area contributed by atoms with Crippen molar-refractivity contribution in [1.82, 2.24) is 0 Å². The first-order valence-corrected chi connectivity index (χ1v) is 4.40. The second kappa shape index (κ2) is 4.83. The van der Waals surface area contributed by atoms with Crippen LogP contribution in [0.2, 0.25) is 0 Å². The molecule has 0 fully saturated rings. The van der Waals surface area contributed by atoms with E-state index in [4.69, 9.17) is 20.9 Å². The largest absolute Gasteiger partial charge is 0.497 e. The van der Waals surface area contributed by atoms with Crippen molar-refractivity contribution in [1.29, 1.82) is 0 Å². The van der Waals surface area contributed by atoms with Gasteiger partial charge in [0.25, 0.3) is 0 Å². The number of methoxy groups -OCH3 is 2. The molecule has 1 aromatic carbocycles. The van der Waals surface area contributed by atoms with E-state index in [9.17, 15) is 0 Å². The molecule has 0 bridgehead atoms. The lowest BCUT2D eigenvalue weighted by molar-refractivity contribution is 0.395. The molecular formula is C10H16N2O2. The van der Waals surface area contributed by atoms with E-state index < -0.39 is 0 Å². The highest BCUT2D eigenvalue weighted by atomic mass is 16.5. The summed E-state index contributed by atoms with van der Waals surface area (Å²) in [5.41, 5.74) is 12.2. The SMILES string of the molecule is COc1ccc(OC)c([C@@H](N)CN)c1. The molecule has 4 nitrogen and oxygen atoms in total. The lowest BCUT2D eigenvalue weighted by Crippen LogP contribution is -2.21. The highest BCUT2D eigenvalue weighted by Crippen LogP contribution is 2.27. The molecule has 0 aliphatic carbocycles. The molecule has 0 radical (unpaired) electrons. The van der Waals surface area contributed by atoms with Crippen molar-refractivity contribution in [2.24, 2.45) is 11.5 Å². The van der Waals surface area contributed by atoms with Gasteiger partial charge in [-0.05, 0) is 18.2 Å². The summed E-state index contributed by atoms with van der Waals surface area (Å²) >= 11 is 0. The Morgan fingerprint density at radius 2 is 2.00 bits per heavy atom. The zero-order chi connectivity index (χ0) is 10.6.